The highest BCUT2D eigenvalue weighted by Crippen LogP contribution is 2.20. The summed E-state index contributed by atoms with van der Waals surface area (Å²) in [4.78, 5) is 11.9. The summed E-state index contributed by atoms with van der Waals surface area (Å²) >= 11 is 0. The third-order valence-electron chi connectivity index (χ3n) is 2.88. The topological polar surface area (TPSA) is 52.3 Å². The molecule has 0 bridgehead atoms. The molecule has 1 saturated heterocycles. The second kappa shape index (κ2) is 4.72. The smallest absolute Gasteiger partial charge is 0.142 e. The first-order valence-corrected chi connectivity index (χ1v) is 5.07. The Morgan fingerprint density at radius 2 is 2.08 bits per heavy atom. The fourth-order valence-electron chi connectivity index (χ4n) is 1.86. The first kappa shape index (κ1) is 10.7. The van der Waals surface area contributed by atoms with Crippen molar-refractivity contribution in [2.24, 2.45) is 17.6 Å². The van der Waals surface area contributed by atoms with Crippen molar-refractivity contribution in [2.45, 2.75) is 32.7 Å². The second-order valence-electron chi connectivity index (χ2n) is 3.72. The zero-order valence-electron chi connectivity index (χ0n) is 8.45. The Bertz CT molecular complexity index is 178. The van der Waals surface area contributed by atoms with E-state index in [0.29, 0.717) is 19.0 Å². The van der Waals surface area contributed by atoms with Gasteiger partial charge in [-0.2, -0.15) is 0 Å². The van der Waals surface area contributed by atoms with E-state index in [1.165, 1.54) is 0 Å². The number of rotatable bonds is 4. The van der Waals surface area contributed by atoms with Crippen molar-refractivity contribution in [3.63, 3.8) is 0 Å². The fraction of sp³-hybridized carbons (Fsp3) is 0.900. The third-order valence-corrected chi connectivity index (χ3v) is 2.88. The van der Waals surface area contributed by atoms with E-state index in [-0.39, 0.29) is 17.9 Å². The molecule has 0 amide bonds. The SMILES string of the molecule is CCC(CC)C(=O)C1COCC1N. The summed E-state index contributed by atoms with van der Waals surface area (Å²) in [6.45, 7) is 5.16. The predicted octanol–water partition coefficient (Wildman–Crippen LogP) is 0.965. The van der Waals surface area contributed by atoms with Crippen molar-refractivity contribution in [3.8, 4) is 0 Å². The van der Waals surface area contributed by atoms with Crippen LogP contribution >= 0.6 is 0 Å². The zero-order chi connectivity index (χ0) is 9.84. The standard InChI is InChI=1S/C10H19NO2/c1-3-7(4-2)10(12)8-5-13-6-9(8)11/h7-9H,3-6,11H2,1-2H3. The fourth-order valence-corrected chi connectivity index (χ4v) is 1.86. The van der Waals surface area contributed by atoms with E-state index in [1.54, 1.807) is 0 Å². The Morgan fingerprint density at radius 3 is 2.46 bits per heavy atom. The molecule has 1 aliphatic heterocycles. The average molecular weight is 185 g/mol. The number of hydrogen-bond donors (Lipinski definition) is 1. The van der Waals surface area contributed by atoms with Crippen LogP contribution in [0.4, 0.5) is 0 Å². The number of hydrogen-bond acceptors (Lipinski definition) is 3. The van der Waals surface area contributed by atoms with Gasteiger partial charge in [-0.1, -0.05) is 13.8 Å². The van der Waals surface area contributed by atoms with Crippen LogP contribution in [0.5, 0.6) is 0 Å². The highest BCUT2D eigenvalue weighted by atomic mass is 16.5. The van der Waals surface area contributed by atoms with E-state index >= 15 is 0 Å². The van der Waals surface area contributed by atoms with Crippen molar-refractivity contribution in [1.82, 2.24) is 0 Å². The maximum atomic E-state index is 11.9. The Balaban J connectivity index is 2.54. The van der Waals surface area contributed by atoms with Crippen LogP contribution in [0.25, 0.3) is 0 Å². The van der Waals surface area contributed by atoms with Gasteiger partial charge in [-0.25, -0.2) is 0 Å². The molecule has 2 atom stereocenters. The van der Waals surface area contributed by atoms with E-state index < -0.39 is 0 Å². The average Bonchev–Trinajstić information content (AvgIpc) is 2.53. The highest BCUT2D eigenvalue weighted by Gasteiger charge is 2.33. The van der Waals surface area contributed by atoms with Gasteiger partial charge in [0.25, 0.3) is 0 Å². The van der Waals surface area contributed by atoms with Gasteiger partial charge in [0, 0.05) is 12.0 Å². The quantitative estimate of drug-likeness (QED) is 0.710. The van der Waals surface area contributed by atoms with Crippen LogP contribution in [-0.2, 0) is 9.53 Å². The molecule has 0 saturated carbocycles. The molecule has 1 aliphatic rings. The lowest BCUT2D eigenvalue weighted by Crippen LogP contribution is -2.37. The van der Waals surface area contributed by atoms with E-state index in [1.807, 2.05) is 13.8 Å². The summed E-state index contributed by atoms with van der Waals surface area (Å²) in [6, 6.07) is -0.0758. The number of carbonyl (C=O) groups is 1. The zero-order valence-corrected chi connectivity index (χ0v) is 8.45. The molecule has 3 nitrogen and oxygen atoms in total. The van der Waals surface area contributed by atoms with Crippen LogP contribution in [0, 0.1) is 11.8 Å². The van der Waals surface area contributed by atoms with Crippen LogP contribution in [0.2, 0.25) is 0 Å². The van der Waals surface area contributed by atoms with Gasteiger partial charge < -0.3 is 10.5 Å². The third kappa shape index (κ3) is 2.29. The maximum Gasteiger partial charge on any atom is 0.142 e. The van der Waals surface area contributed by atoms with E-state index in [9.17, 15) is 4.79 Å². The highest BCUT2D eigenvalue weighted by molar-refractivity contribution is 5.84. The van der Waals surface area contributed by atoms with Crippen LogP contribution in [0.1, 0.15) is 26.7 Å². The predicted molar refractivity (Wildman–Crippen MR) is 51.4 cm³/mol. The van der Waals surface area contributed by atoms with Crippen molar-refractivity contribution < 1.29 is 9.53 Å². The molecule has 0 spiro atoms. The lowest BCUT2D eigenvalue weighted by atomic mass is 9.87. The summed E-state index contributed by atoms with van der Waals surface area (Å²) in [5.74, 6) is 0.428. The second-order valence-corrected chi connectivity index (χ2v) is 3.72. The van der Waals surface area contributed by atoms with Gasteiger partial charge >= 0.3 is 0 Å². The van der Waals surface area contributed by atoms with Gasteiger partial charge in [-0.05, 0) is 12.8 Å². The molecule has 0 aromatic rings. The summed E-state index contributed by atoms with van der Waals surface area (Å²) in [7, 11) is 0. The monoisotopic (exact) mass is 185 g/mol. The molecule has 2 N–H and O–H groups in total. The molecular weight excluding hydrogens is 166 g/mol. The van der Waals surface area contributed by atoms with E-state index in [0.717, 1.165) is 12.8 Å². The molecule has 13 heavy (non-hydrogen) atoms. The lowest BCUT2D eigenvalue weighted by Gasteiger charge is -2.17. The van der Waals surface area contributed by atoms with Crippen molar-refractivity contribution >= 4 is 5.78 Å². The van der Waals surface area contributed by atoms with Crippen LogP contribution in [0.3, 0.4) is 0 Å². The van der Waals surface area contributed by atoms with Crippen molar-refractivity contribution in [3.05, 3.63) is 0 Å². The van der Waals surface area contributed by atoms with Crippen LogP contribution in [0.15, 0.2) is 0 Å². The normalized spacial score (nSPS) is 28.3. The minimum absolute atomic E-state index is 0.0510. The Hall–Kier alpha value is -0.410. The number of carbonyl (C=O) groups excluding carboxylic acids is 1. The minimum atomic E-state index is -0.0758. The summed E-state index contributed by atoms with van der Waals surface area (Å²) in [5.41, 5.74) is 5.78. The van der Waals surface area contributed by atoms with Crippen LogP contribution < -0.4 is 5.73 Å². The Kier molecular flexibility index (Phi) is 3.88. The molecule has 1 fully saturated rings. The number of Topliss-reactive ketones (excluding diaryl/α,β-unsaturated/α-hetero) is 1. The van der Waals surface area contributed by atoms with Gasteiger partial charge in [0.05, 0.1) is 19.1 Å². The molecular formula is C10H19NO2. The molecule has 0 aromatic carbocycles. The molecule has 76 valence electrons. The van der Waals surface area contributed by atoms with Gasteiger partial charge in [0.15, 0.2) is 0 Å². The number of nitrogens with two attached hydrogens (primary N) is 1. The summed E-state index contributed by atoms with van der Waals surface area (Å²) in [5, 5.41) is 0. The number of ketones is 1. The maximum absolute atomic E-state index is 11.9. The Labute approximate surface area is 79.6 Å². The molecule has 0 aromatic heterocycles. The largest absolute Gasteiger partial charge is 0.379 e. The molecule has 2 unspecified atom stereocenters. The summed E-state index contributed by atoms with van der Waals surface area (Å²) in [6.07, 6.45) is 1.83. The van der Waals surface area contributed by atoms with Crippen molar-refractivity contribution in [2.75, 3.05) is 13.2 Å². The first-order chi connectivity index (χ1) is 6.20. The molecule has 3 heteroatoms. The van der Waals surface area contributed by atoms with Gasteiger partial charge in [-0.3, -0.25) is 4.79 Å². The number of ether oxygens (including phenoxy) is 1. The van der Waals surface area contributed by atoms with E-state index in [2.05, 4.69) is 0 Å². The van der Waals surface area contributed by atoms with Crippen molar-refractivity contribution in [1.29, 1.82) is 0 Å². The van der Waals surface area contributed by atoms with Gasteiger partial charge in [0.1, 0.15) is 5.78 Å². The Morgan fingerprint density at radius 1 is 1.46 bits per heavy atom. The molecule has 1 rings (SSSR count). The minimum Gasteiger partial charge on any atom is -0.379 e. The molecule has 0 aliphatic carbocycles. The molecule has 1 heterocycles. The molecule has 0 radical (unpaired) electrons. The van der Waals surface area contributed by atoms with E-state index in [4.69, 9.17) is 10.5 Å². The lowest BCUT2D eigenvalue weighted by molar-refractivity contribution is -0.127. The van der Waals surface area contributed by atoms with Crippen LogP contribution in [-0.4, -0.2) is 25.0 Å². The first-order valence-electron chi connectivity index (χ1n) is 5.07. The van der Waals surface area contributed by atoms with Gasteiger partial charge in [-0.15, -0.1) is 0 Å². The summed E-state index contributed by atoms with van der Waals surface area (Å²) < 4.78 is 5.18. The van der Waals surface area contributed by atoms with Gasteiger partial charge in [0.2, 0.25) is 0 Å².